The van der Waals surface area contributed by atoms with Gasteiger partial charge in [0, 0.05) is 5.56 Å². The fraction of sp³-hybridized carbons (Fsp3) is 0.304. The standard InChI is InChI=1S/C23H26O5/c1-13-11-18(12-14(2)20(13)25)19(24)8-7-17-9-15(3)21(16(4)10-17)28-23(5,6)22(26)27/h7-12,25H,1-6H3,(H,26,27). The summed E-state index contributed by atoms with van der Waals surface area (Å²) in [4.78, 5) is 23.8. The number of carboxylic acid groups (broad SMARTS) is 1. The monoisotopic (exact) mass is 382 g/mol. The van der Waals surface area contributed by atoms with Crippen LogP contribution < -0.4 is 4.74 Å². The molecule has 0 heterocycles. The molecule has 2 aromatic carbocycles. The molecule has 5 heteroatoms. The van der Waals surface area contributed by atoms with Crippen molar-refractivity contribution in [3.8, 4) is 11.5 Å². The highest BCUT2D eigenvalue weighted by Gasteiger charge is 2.30. The van der Waals surface area contributed by atoms with Crippen molar-refractivity contribution in [1.82, 2.24) is 0 Å². The number of ether oxygens (including phenoxy) is 1. The van der Waals surface area contributed by atoms with Crippen molar-refractivity contribution >= 4 is 17.8 Å². The number of carbonyl (C=O) groups excluding carboxylic acids is 1. The van der Waals surface area contributed by atoms with Gasteiger partial charge in [-0.05, 0) is 99.7 Å². The molecule has 5 nitrogen and oxygen atoms in total. The number of aromatic hydroxyl groups is 1. The SMILES string of the molecule is Cc1cc(C(=O)C=Cc2cc(C)c(OC(C)(C)C(=O)O)c(C)c2)cc(C)c1O. The Labute approximate surface area is 165 Å². The van der Waals surface area contributed by atoms with Crippen LogP contribution in [0.2, 0.25) is 0 Å². The van der Waals surface area contributed by atoms with Gasteiger partial charge in [-0.2, -0.15) is 0 Å². The van der Waals surface area contributed by atoms with Crippen molar-refractivity contribution in [3.05, 3.63) is 63.7 Å². The fourth-order valence-corrected chi connectivity index (χ4v) is 2.91. The van der Waals surface area contributed by atoms with E-state index in [0.29, 0.717) is 22.4 Å². The topological polar surface area (TPSA) is 83.8 Å². The molecule has 2 N–H and O–H groups in total. The van der Waals surface area contributed by atoms with E-state index in [1.807, 2.05) is 26.0 Å². The molecule has 28 heavy (non-hydrogen) atoms. The number of phenols is 1. The molecule has 0 saturated heterocycles. The van der Waals surface area contributed by atoms with E-state index >= 15 is 0 Å². The molecule has 0 radical (unpaired) electrons. The largest absolute Gasteiger partial charge is 0.507 e. The van der Waals surface area contributed by atoms with Crippen LogP contribution in [0.15, 0.2) is 30.3 Å². The van der Waals surface area contributed by atoms with E-state index in [9.17, 15) is 19.8 Å². The van der Waals surface area contributed by atoms with Crippen LogP contribution >= 0.6 is 0 Å². The molecule has 2 aromatic rings. The Morgan fingerprint density at radius 2 is 1.43 bits per heavy atom. The van der Waals surface area contributed by atoms with Gasteiger partial charge in [0.25, 0.3) is 0 Å². The fourth-order valence-electron chi connectivity index (χ4n) is 2.91. The Morgan fingerprint density at radius 3 is 1.89 bits per heavy atom. The first-order valence-corrected chi connectivity index (χ1v) is 8.98. The Kier molecular flexibility index (Phi) is 5.98. The number of aryl methyl sites for hydroxylation is 4. The zero-order valence-electron chi connectivity index (χ0n) is 17.1. The summed E-state index contributed by atoms with van der Waals surface area (Å²) in [6.07, 6.45) is 3.20. The van der Waals surface area contributed by atoms with Gasteiger partial charge in [-0.25, -0.2) is 4.79 Å². The minimum atomic E-state index is -1.34. The van der Waals surface area contributed by atoms with Gasteiger partial charge in [-0.15, -0.1) is 0 Å². The Balaban J connectivity index is 2.28. The predicted molar refractivity (Wildman–Crippen MR) is 109 cm³/mol. The maximum Gasteiger partial charge on any atom is 0.347 e. The number of carboxylic acids is 1. The minimum Gasteiger partial charge on any atom is -0.507 e. The highest BCUT2D eigenvalue weighted by molar-refractivity contribution is 6.07. The Bertz CT molecular complexity index is 921. The normalized spacial score (nSPS) is 11.6. The number of aliphatic carboxylic acids is 1. The minimum absolute atomic E-state index is 0.158. The van der Waals surface area contributed by atoms with E-state index < -0.39 is 11.6 Å². The summed E-state index contributed by atoms with van der Waals surface area (Å²) >= 11 is 0. The molecule has 0 saturated carbocycles. The summed E-state index contributed by atoms with van der Waals surface area (Å²) in [6, 6.07) is 7.02. The van der Waals surface area contributed by atoms with Crippen LogP contribution in [-0.4, -0.2) is 27.6 Å². The second-order valence-electron chi connectivity index (χ2n) is 7.56. The van der Waals surface area contributed by atoms with Crippen molar-refractivity contribution in [2.24, 2.45) is 0 Å². The lowest BCUT2D eigenvalue weighted by Crippen LogP contribution is -2.38. The molecule has 0 aromatic heterocycles. The molecule has 0 amide bonds. The maximum absolute atomic E-state index is 12.5. The van der Waals surface area contributed by atoms with E-state index in [-0.39, 0.29) is 11.5 Å². The smallest absolute Gasteiger partial charge is 0.347 e. The van der Waals surface area contributed by atoms with Gasteiger partial charge in [-0.3, -0.25) is 4.79 Å². The molecule has 2 rings (SSSR count). The van der Waals surface area contributed by atoms with Gasteiger partial charge in [0.05, 0.1) is 0 Å². The zero-order valence-corrected chi connectivity index (χ0v) is 17.1. The van der Waals surface area contributed by atoms with E-state index in [1.165, 1.54) is 19.9 Å². The molecule has 148 valence electrons. The van der Waals surface area contributed by atoms with Gasteiger partial charge in [0.2, 0.25) is 0 Å². The van der Waals surface area contributed by atoms with E-state index in [2.05, 4.69) is 0 Å². The molecule has 0 fully saturated rings. The number of carbonyl (C=O) groups is 2. The first kappa shape index (κ1) is 21.2. The van der Waals surface area contributed by atoms with Crippen LogP contribution in [0.5, 0.6) is 11.5 Å². The average molecular weight is 382 g/mol. The van der Waals surface area contributed by atoms with Crippen LogP contribution in [0.4, 0.5) is 0 Å². The molecule has 0 bridgehead atoms. The summed E-state index contributed by atoms with van der Waals surface area (Å²) in [6.45, 7) is 10.2. The van der Waals surface area contributed by atoms with Gasteiger partial charge in [0.1, 0.15) is 11.5 Å². The van der Waals surface area contributed by atoms with Crippen LogP contribution in [0.25, 0.3) is 6.08 Å². The van der Waals surface area contributed by atoms with Crippen LogP contribution in [0.3, 0.4) is 0 Å². The highest BCUT2D eigenvalue weighted by Crippen LogP contribution is 2.29. The number of rotatable bonds is 6. The summed E-state index contributed by atoms with van der Waals surface area (Å²) in [5.74, 6) is -0.471. The molecule has 0 spiro atoms. The van der Waals surface area contributed by atoms with Gasteiger partial charge in [-0.1, -0.05) is 6.08 Å². The molecular formula is C23H26O5. The van der Waals surface area contributed by atoms with Gasteiger partial charge < -0.3 is 14.9 Å². The van der Waals surface area contributed by atoms with Crippen LogP contribution in [-0.2, 0) is 4.79 Å². The van der Waals surface area contributed by atoms with Gasteiger partial charge in [0.15, 0.2) is 11.4 Å². The van der Waals surface area contributed by atoms with Crippen LogP contribution in [0.1, 0.15) is 52.0 Å². The number of hydrogen-bond acceptors (Lipinski definition) is 4. The molecule has 0 aliphatic heterocycles. The van der Waals surface area contributed by atoms with E-state index in [0.717, 1.165) is 16.7 Å². The average Bonchev–Trinajstić information content (AvgIpc) is 2.60. The summed E-state index contributed by atoms with van der Waals surface area (Å²) in [5, 5.41) is 19.1. The van der Waals surface area contributed by atoms with Crippen molar-refractivity contribution in [2.75, 3.05) is 0 Å². The number of ketones is 1. The van der Waals surface area contributed by atoms with E-state index in [1.54, 1.807) is 32.1 Å². The van der Waals surface area contributed by atoms with Gasteiger partial charge >= 0.3 is 5.97 Å². The second-order valence-corrected chi connectivity index (χ2v) is 7.56. The number of phenolic OH excluding ortho intramolecular Hbond substituents is 1. The zero-order chi connectivity index (χ0) is 21.2. The molecule has 0 aliphatic rings. The predicted octanol–water partition coefficient (Wildman–Crippen LogP) is 4.76. The maximum atomic E-state index is 12.5. The summed E-state index contributed by atoms with van der Waals surface area (Å²) in [5.41, 5.74) is 2.89. The van der Waals surface area contributed by atoms with Crippen molar-refractivity contribution in [3.63, 3.8) is 0 Å². The van der Waals surface area contributed by atoms with Crippen molar-refractivity contribution in [2.45, 2.75) is 47.1 Å². The molecular weight excluding hydrogens is 356 g/mol. The Hall–Kier alpha value is -3.08. The molecule has 0 unspecified atom stereocenters. The summed E-state index contributed by atoms with van der Waals surface area (Å²) in [7, 11) is 0. The molecule has 0 atom stereocenters. The van der Waals surface area contributed by atoms with E-state index in [4.69, 9.17) is 4.74 Å². The first-order chi connectivity index (χ1) is 12.9. The third-order valence-electron chi connectivity index (χ3n) is 4.56. The lowest BCUT2D eigenvalue weighted by Gasteiger charge is -2.24. The lowest BCUT2D eigenvalue weighted by atomic mass is 10.0. The highest BCUT2D eigenvalue weighted by atomic mass is 16.5. The van der Waals surface area contributed by atoms with Crippen molar-refractivity contribution in [1.29, 1.82) is 0 Å². The number of benzene rings is 2. The number of allylic oxidation sites excluding steroid dienone is 1. The third kappa shape index (κ3) is 4.60. The lowest BCUT2D eigenvalue weighted by molar-refractivity contribution is -0.152. The quantitative estimate of drug-likeness (QED) is 0.556. The third-order valence-corrected chi connectivity index (χ3v) is 4.56. The Morgan fingerprint density at radius 1 is 0.929 bits per heavy atom. The summed E-state index contributed by atoms with van der Waals surface area (Å²) < 4.78 is 5.70. The van der Waals surface area contributed by atoms with Crippen LogP contribution in [0, 0.1) is 27.7 Å². The first-order valence-electron chi connectivity index (χ1n) is 8.98. The van der Waals surface area contributed by atoms with Crippen molar-refractivity contribution < 1.29 is 24.5 Å². The number of hydrogen-bond donors (Lipinski definition) is 2. The molecule has 0 aliphatic carbocycles. The second kappa shape index (κ2) is 7.89.